The van der Waals surface area contributed by atoms with Crippen LogP contribution in [-0.4, -0.2) is 63.2 Å². The molecule has 404 valence electrons. The van der Waals surface area contributed by atoms with Crippen molar-refractivity contribution >= 4 is 41.7 Å². The van der Waals surface area contributed by atoms with Gasteiger partial charge < -0.3 is 41.0 Å². The van der Waals surface area contributed by atoms with E-state index >= 15 is 0 Å². The molecule has 0 aliphatic heterocycles. The number of benzene rings is 4. The van der Waals surface area contributed by atoms with Crippen LogP contribution in [0.4, 0.5) is 54.5 Å². The van der Waals surface area contributed by atoms with Crippen molar-refractivity contribution in [3.63, 3.8) is 0 Å². The zero-order valence-corrected chi connectivity index (χ0v) is 41.1. The van der Waals surface area contributed by atoms with Gasteiger partial charge in [0.15, 0.2) is 41.0 Å². The second-order valence-electron chi connectivity index (χ2n) is 15.7. The number of ether oxygens (including phenoxy) is 4. The number of aromatic nitrogens is 8. The first kappa shape index (κ1) is 58.2. The number of rotatable bonds is 12. The molecule has 21 nitrogen and oxygen atoms in total. The molecule has 4 heterocycles. The van der Waals surface area contributed by atoms with E-state index in [0.29, 0.717) is 28.9 Å². The number of alkyl halides is 3. The zero-order chi connectivity index (χ0) is 56.6. The lowest BCUT2D eigenvalue weighted by Crippen LogP contribution is -2.35. The second-order valence-corrected chi connectivity index (χ2v) is 16.1. The average molecular weight is 1100 g/mol. The van der Waals surface area contributed by atoms with Gasteiger partial charge in [-0.15, -0.1) is 0 Å². The summed E-state index contributed by atoms with van der Waals surface area (Å²) in [6.45, 7) is 8.30. The van der Waals surface area contributed by atoms with Crippen LogP contribution in [0.15, 0.2) is 134 Å². The van der Waals surface area contributed by atoms with Crippen LogP contribution in [0.3, 0.4) is 0 Å². The summed E-state index contributed by atoms with van der Waals surface area (Å²) in [6, 6.07) is 16.9. The molecule has 0 radical (unpaired) electrons. The molecule has 0 atom stereocenters. The minimum absolute atomic E-state index is 0.0130. The summed E-state index contributed by atoms with van der Waals surface area (Å²) in [6.07, 6.45) is 1.86. The fourth-order valence-corrected chi connectivity index (χ4v) is 5.84. The number of nitrogens with zero attached hydrogens (tertiary/aromatic N) is 6. The Kier molecular flexibility index (Phi) is 20.0. The minimum atomic E-state index is -4.42. The molecular formula is C48H43ClF7N13O8. The fourth-order valence-electron chi connectivity index (χ4n) is 5.72. The summed E-state index contributed by atoms with van der Waals surface area (Å²) < 4.78 is 109. The highest BCUT2D eigenvalue weighted by Crippen LogP contribution is 2.31. The first-order valence-corrected chi connectivity index (χ1v) is 22.2. The van der Waals surface area contributed by atoms with Crippen LogP contribution in [0.2, 0.25) is 5.02 Å². The third-order valence-electron chi connectivity index (χ3n) is 9.30. The number of aromatic amines is 4. The summed E-state index contributed by atoms with van der Waals surface area (Å²) in [7, 11) is 0. The van der Waals surface area contributed by atoms with E-state index in [2.05, 4.69) is 77.5 Å². The number of nitrogens with two attached hydrogens (primary N) is 3. The van der Waals surface area contributed by atoms with Gasteiger partial charge in [-0.3, -0.25) is 39.1 Å². The molecule has 4 aromatic heterocycles. The van der Waals surface area contributed by atoms with Gasteiger partial charge in [-0.05, 0) is 100 Å². The van der Waals surface area contributed by atoms with Crippen LogP contribution in [-0.2, 0) is 6.18 Å². The number of halogens is 8. The zero-order valence-electron chi connectivity index (χ0n) is 40.3. The van der Waals surface area contributed by atoms with E-state index in [1.165, 1.54) is 12.3 Å². The quantitative estimate of drug-likeness (QED) is 0.0341. The van der Waals surface area contributed by atoms with Crippen molar-refractivity contribution in [1.29, 1.82) is 0 Å². The van der Waals surface area contributed by atoms with Gasteiger partial charge in [0.1, 0.15) is 23.1 Å². The van der Waals surface area contributed by atoms with Crippen LogP contribution >= 0.6 is 11.6 Å². The Bertz CT molecular complexity index is 3540. The third kappa shape index (κ3) is 18.0. The maximum atomic E-state index is 13.2. The van der Waals surface area contributed by atoms with E-state index in [-0.39, 0.29) is 64.0 Å². The normalized spacial score (nSPS) is 10.9. The Morgan fingerprint density at radius 1 is 0.532 bits per heavy atom. The van der Waals surface area contributed by atoms with Crippen molar-refractivity contribution in [2.75, 3.05) is 17.2 Å². The Morgan fingerprint density at radius 2 is 0.961 bits per heavy atom. The molecule has 0 amide bonds. The first-order valence-electron chi connectivity index (χ1n) is 21.8. The predicted molar refractivity (Wildman–Crippen MR) is 269 cm³/mol. The molecule has 0 spiro atoms. The summed E-state index contributed by atoms with van der Waals surface area (Å²) >= 11 is 5.82. The number of H-pyrrole nitrogens is 4. The number of nitrogen functional groups attached to an aromatic ring is 3. The molecular weight excluding hydrogens is 1060 g/mol. The smallest absolute Gasteiger partial charge is 0.416 e. The standard InChI is InChI=1S/C17H21ClN4O2.C11H8F3N3O2.2C10H7F2N3O2/c1-11(2)22(12(3)4)10-20-17-19-9-15(16(23)21-17)24-14-7-5-13(18)6-8-14;12-11(13,14)6-1-3-7(4-2-6)19-8-5-16-10(15)17-9(8)18;11-5-1-2-7(6(12)3-5)17-8-4-14-10(13)15-9(8)16;11-6-2-1-5(3-7(6)12)17-8-4-14-10(13)15-9(8)16/h5-12H,1-4H3,(H,19,21,23);1-5H,(H3,15,16,17,18);2*1-4H,(H3,13,14,15,16). The maximum Gasteiger partial charge on any atom is 0.416 e. The monoisotopic (exact) mass is 1100 g/mol. The van der Waals surface area contributed by atoms with Gasteiger partial charge in [-0.2, -0.15) is 13.2 Å². The van der Waals surface area contributed by atoms with Crippen molar-refractivity contribution in [2.24, 2.45) is 4.99 Å². The number of hydrogen-bond donors (Lipinski definition) is 7. The van der Waals surface area contributed by atoms with Crippen LogP contribution in [0, 0.1) is 23.3 Å². The van der Waals surface area contributed by atoms with E-state index in [1.807, 2.05) is 0 Å². The van der Waals surface area contributed by atoms with Gasteiger partial charge in [0.25, 0.3) is 22.2 Å². The molecule has 29 heteroatoms. The van der Waals surface area contributed by atoms with Gasteiger partial charge in [0, 0.05) is 29.2 Å². The molecule has 8 rings (SSSR count). The number of aliphatic imine (C=N–C) groups is 1. The second kappa shape index (κ2) is 26.5. The van der Waals surface area contributed by atoms with E-state index < -0.39 is 57.2 Å². The maximum absolute atomic E-state index is 13.2. The van der Waals surface area contributed by atoms with E-state index in [4.69, 9.17) is 47.7 Å². The molecule has 8 aromatic rings. The van der Waals surface area contributed by atoms with E-state index in [9.17, 15) is 49.9 Å². The van der Waals surface area contributed by atoms with E-state index in [0.717, 1.165) is 67.1 Å². The topological polar surface area (TPSA) is 314 Å². The summed E-state index contributed by atoms with van der Waals surface area (Å²) in [5, 5.41) is 0.596. The summed E-state index contributed by atoms with van der Waals surface area (Å²) in [5.41, 5.74) is 12.6. The van der Waals surface area contributed by atoms with Gasteiger partial charge in [0.2, 0.25) is 28.9 Å². The van der Waals surface area contributed by atoms with E-state index in [1.54, 1.807) is 30.6 Å². The van der Waals surface area contributed by atoms with Gasteiger partial charge in [0.05, 0.1) is 36.7 Å². The van der Waals surface area contributed by atoms with Crippen LogP contribution < -0.4 is 58.4 Å². The van der Waals surface area contributed by atoms with Gasteiger partial charge in [-0.25, -0.2) is 42.5 Å². The largest absolute Gasteiger partial charge is 0.450 e. The van der Waals surface area contributed by atoms with Crippen LogP contribution in [0.5, 0.6) is 46.0 Å². The summed E-state index contributed by atoms with van der Waals surface area (Å²) in [4.78, 5) is 76.5. The van der Waals surface area contributed by atoms with Crippen molar-refractivity contribution in [2.45, 2.75) is 46.0 Å². The average Bonchev–Trinajstić information content (AvgIpc) is 3.35. The highest BCUT2D eigenvalue weighted by Gasteiger charge is 2.30. The highest BCUT2D eigenvalue weighted by molar-refractivity contribution is 6.30. The Labute approximate surface area is 434 Å². The van der Waals surface area contributed by atoms with Crippen molar-refractivity contribution < 1.29 is 49.7 Å². The molecule has 0 saturated heterocycles. The number of nitrogens with one attached hydrogen (secondary N) is 4. The van der Waals surface area contributed by atoms with Crippen LogP contribution in [0.25, 0.3) is 0 Å². The van der Waals surface area contributed by atoms with Crippen LogP contribution in [0.1, 0.15) is 33.3 Å². The molecule has 0 unspecified atom stereocenters. The minimum Gasteiger partial charge on any atom is -0.450 e. The van der Waals surface area contributed by atoms with Crippen molar-refractivity contribution in [3.8, 4) is 46.0 Å². The predicted octanol–water partition coefficient (Wildman–Crippen LogP) is 9.00. The van der Waals surface area contributed by atoms with Gasteiger partial charge >= 0.3 is 6.18 Å². The lowest BCUT2D eigenvalue weighted by atomic mass is 10.2. The molecule has 0 aliphatic rings. The molecule has 0 aliphatic carbocycles. The Hall–Kier alpha value is -9.73. The number of anilines is 3. The van der Waals surface area contributed by atoms with Crippen molar-refractivity contribution in [1.82, 2.24) is 44.8 Å². The lowest BCUT2D eigenvalue weighted by molar-refractivity contribution is -0.137. The lowest BCUT2D eigenvalue weighted by Gasteiger charge is -2.27. The Balaban J connectivity index is 0.000000191. The molecule has 0 bridgehead atoms. The highest BCUT2D eigenvalue weighted by atomic mass is 35.5. The number of hydrogen-bond acceptors (Lipinski definition) is 16. The van der Waals surface area contributed by atoms with Crippen molar-refractivity contribution in [3.05, 3.63) is 185 Å². The fraction of sp³-hybridized carbons (Fsp3) is 0.146. The Morgan fingerprint density at radius 3 is 1.39 bits per heavy atom. The molecule has 0 saturated carbocycles. The molecule has 0 fully saturated rings. The molecule has 77 heavy (non-hydrogen) atoms. The SMILES string of the molecule is CC(C)N(C=Nc1ncc(Oc2ccc(Cl)cc2)c(=O)[nH]1)C(C)C.Nc1ncc(Oc2ccc(C(F)(F)F)cc2)c(=O)[nH]1.Nc1ncc(Oc2ccc(F)c(F)c2)c(=O)[nH]1.Nc1ncc(Oc2ccc(F)cc2F)c(=O)[nH]1. The summed E-state index contributed by atoms with van der Waals surface area (Å²) in [5.74, 6) is -3.86. The first-order chi connectivity index (χ1) is 36.3. The molecule has 10 N–H and O–H groups in total. The van der Waals surface area contributed by atoms with Gasteiger partial charge in [-0.1, -0.05) is 11.6 Å². The molecule has 4 aromatic carbocycles. The third-order valence-corrected chi connectivity index (χ3v) is 9.55.